The largest absolute Gasteiger partial charge is 0.477 e. The number of hydrogen-bond donors (Lipinski definition) is 0. The molecule has 0 spiro atoms. The number of piperidine rings is 1. The number of hydrogen-bond acceptors (Lipinski definition) is 10. The normalized spacial score (nSPS) is 21.1. The van der Waals surface area contributed by atoms with Gasteiger partial charge in [-0.3, -0.25) is 0 Å². The summed E-state index contributed by atoms with van der Waals surface area (Å²) in [6, 6.07) is 2.60. The number of aryl methyl sites for hydroxylation is 1. The molecule has 0 unspecified atom stereocenters. The first-order chi connectivity index (χ1) is 15.7. The standard InChI is InChI=1S/C21H28N8O3/c1-14-9-17(29-13-23-26-27-29)11-22-20(14)31-8-5-16-10-18(16)15-3-6-28(7-4-15)21-24-19(12-30-2)25-32-21/h9,11,13,15-16,18H,3-8,10,12H2,1-2H3/t16-,18-/m1/s1. The average Bonchev–Trinajstić information content (AvgIpc) is 3.17. The van der Waals surface area contributed by atoms with Gasteiger partial charge in [-0.25, -0.2) is 4.98 Å². The van der Waals surface area contributed by atoms with E-state index in [1.807, 2.05) is 13.0 Å². The van der Waals surface area contributed by atoms with Crippen LogP contribution in [0.5, 0.6) is 5.88 Å². The molecular weight excluding hydrogens is 412 g/mol. The molecule has 0 radical (unpaired) electrons. The Balaban J connectivity index is 1.04. The van der Waals surface area contributed by atoms with E-state index in [9.17, 15) is 0 Å². The predicted octanol–water partition coefficient (Wildman–Crippen LogP) is 2.22. The summed E-state index contributed by atoms with van der Waals surface area (Å²) in [6.07, 6.45) is 8.00. The Morgan fingerprint density at radius 2 is 2.12 bits per heavy atom. The third-order valence-electron chi connectivity index (χ3n) is 6.48. The van der Waals surface area contributed by atoms with Gasteiger partial charge < -0.3 is 18.9 Å². The molecule has 0 bridgehead atoms. The second-order valence-electron chi connectivity index (χ2n) is 8.62. The smallest absolute Gasteiger partial charge is 0.324 e. The lowest BCUT2D eigenvalue weighted by Gasteiger charge is -2.30. The van der Waals surface area contributed by atoms with Crippen molar-refractivity contribution in [1.29, 1.82) is 0 Å². The molecule has 1 saturated carbocycles. The van der Waals surface area contributed by atoms with E-state index >= 15 is 0 Å². The molecule has 11 heteroatoms. The van der Waals surface area contributed by atoms with Crippen LogP contribution in [0.3, 0.4) is 0 Å². The third-order valence-corrected chi connectivity index (χ3v) is 6.48. The van der Waals surface area contributed by atoms with Gasteiger partial charge in [-0.2, -0.15) is 9.67 Å². The van der Waals surface area contributed by atoms with Crippen molar-refractivity contribution >= 4 is 6.01 Å². The molecule has 1 aliphatic heterocycles. The first-order valence-corrected chi connectivity index (χ1v) is 11.1. The maximum Gasteiger partial charge on any atom is 0.324 e. The van der Waals surface area contributed by atoms with Crippen LogP contribution < -0.4 is 9.64 Å². The van der Waals surface area contributed by atoms with Gasteiger partial charge in [0.25, 0.3) is 0 Å². The average molecular weight is 441 g/mol. The molecule has 0 aromatic carbocycles. The van der Waals surface area contributed by atoms with E-state index in [-0.39, 0.29) is 0 Å². The topological polar surface area (TPSA) is 117 Å². The predicted molar refractivity (Wildman–Crippen MR) is 113 cm³/mol. The second-order valence-corrected chi connectivity index (χ2v) is 8.62. The number of anilines is 1. The Morgan fingerprint density at radius 3 is 2.88 bits per heavy atom. The summed E-state index contributed by atoms with van der Waals surface area (Å²) in [5.41, 5.74) is 1.80. The summed E-state index contributed by atoms with van der Waals surface area (Å²) in [5, 5.41) is 15.2. The van der Waals surface area contributed by atoms with Gasteiger partial charge in [-0.05, 0) is 66.9 Å². The number of nitrogens with zero attached hydrogens (tertiary/aromatic N) is 8. The molecule has 3 aromatic heterocycles. The van der Waals surface area contributed by atoms with E-state index in [2.05, 4.69) is 35.5 Å². The molecule has 32 heavy (non-hydrogen) atoms. The minimum absolute atomic E-state index is 0.379. The minimum atomic E-state index is 0.379. The summed E-state index contributed by atoms with van der Waals surface area (Å²) < 4.78 is 18.0. The fraction of sp³-hybridized carbons (Fsp3) is 0.619. The van der Waals surface area contributed by atoms with Gasteiger partial charge in [0, 0.05) is 25.8 Å². The van der Waals surface area contributed by atoms with E-state index < -0.39 is 0 Å². The van der Waals surface area contributed by atoms with Crippen molar-refractivity contribution in [2.45, 2.75) is 39.2 Å². The van der Waals surface area contributed by atoms with Crippen molar-refractivity contribution in [2.24, 2.45) is 17.8 Å². The fourth-order valence-corrected chi connectivity index (χ4v) is 4.67. The highest BCUT2D eigenvalue weighted by atomic mass is 16.5. The molecular formula is C21H28N8O3. The van der Waals surface area contributed by atoms with Crippen LogP contribution in [-0.2, 0) is 11.3 Å². The molecule has 5 rings (SSSR count). The van der Waals surface area contributed by atoms with Crippen LogP contribution >= 0.6 is 0 Å². The van der Waals surface area contributed by atoms with Crippen LogP contribution in [0.25, 0.3) is 5.69 Å². The van der Waals surface area contributed by atoms with Gasteiger partial charge in [0.15, 0.2) is 5.82 Å². The number of rotatable bonds is 9. The van der Waals surface area contributed by atoms with Crippen LogP contribution in [0.15, 0.2) is 23.1 Å². The second kappa shape index (κ2) is 9.19. The van der Waals surface area contributed by atoms with Gasteiger partial charge in [0.05, 0.1) is 18.5 Å². The van der Waals surface area contributed by atoms with E-state index in [0.717, 1.165) is 48.5 Å². The van der Waals surface area contributed by atoms with Crippen molar-refractivity contribution < 1.29 is 14.0 Å². The maximum absolute atomic E-state index is 5.97. The van der Waals surface area contributed by atoms with E-state index in [0.29, 0.717) is 30.9 Å². The van der Waals surface area contributed by atoms with Crippen molar-refractivity contribution in [3.05, 3.63) is 30.0 Å². The van der Waals surface area contributed by atoms with Crippen LogP contribution in [0.1, 0.15) is 37.1 Å². The molecule has 1 saturated heterocycles. The molecule has 2 atom stereocenters. The highest BCUT2D eigenvalue weighted by Gasteiger charge is 2.43. The van der Waals surface area contributed by atoms with Gasteiger partial charge in [0.1, 0.15) is 12.9 Å². The minimum Gasteiger partial charge on any atom is -0.477 e. The Labute approximate surface area is 186 Å². The molecule has 2 aliphatic rings. The first kappa shape index (κ1) is 20.8. The molecule has 1 aliphatic carbocycles. The van der Waals surface area contributed by atoms with Crippen LogP contribution in [-0.4, -0.2) is 62.1 Å². The highest BCUT2D eigenvalue weighted by molar-refractivity contribution is 5.36. The molecule has 11 nitrogen and oxygen atoms in total. The van der Waals surface area contributed by atoms with Gasteiger partial charge >= 0.3 is 6.01 Å². The lowest BCUT2D eigenvalue weighted by molar-refractivity contribution is 0.174. The lowest BCUT2D eigenvalue weighted by Crippen LogP contribution is -2.34. The molecule has 170 valence electrons. The number of aromatic nitrogens is 7. The Bertz CT molecular complexity index is 1020. The summed E-state index contributed by atoms with van der Waals surface area (Å²) >= 11 is 0. The van der Waals surface area contributed by atoms with Crippen LogP contribution in [0.4, 0.5) is 6.01 Å². The first-order valence-electron chi connectivity index (χ1n) is 11.1. The number of tetrazole rings is 1. The Hall–Kier alpha value is -3.08. The third kappa shape index (κ3) is 4.57. The van der Waals surface area contributed by atoms with Gasteiger partial charge in [-0.1, -0.05) is 5.16 Å². The molecule has 4 heterocycles. The van der Waals surface area contributed by atoms with Crippen molar-refractivity contribution in [3.63, 3.8) is 0 Å². The highest BCUT2D eigenvalue weighted by Crippen LogP contribution is 2.49. The van der Waals surface area contributed by atoms with Crippen molar-refractivity contribution in [3.8, 4) is 11.6 Å². The van der Waals surface area contributed by atoms with Crippen LogP contribution in [0, 0.1) is 24.7 Å². The Kier molecular flexibility index (Phi) is 5.97. The summed E-state index contributed by atoms with van der Waals surface area (Å²) in [6.45, 7) is 5.00. The quantitative estimate of drug-likeness (QED) is 0.490. The van der Waals surface area contributed by atoms with Gasteiger partial charge in [-0.15, -0.1) is 5.10 Å². The van der Waals surface area contributed by atoms with E-state index in [1.54, 1.807) is 24.3 Å². The molecule has 3 aromatic rings. The van der Waals surface area contributed by atoms with Crippen molar-refractivity contribution in [2.75, 3.05) is 31.7 Å². The fourth-order valence-electron chi connectivity index (χ4n) is 4.67. The monoisotopic (exact) mass is 440 g/mol. The van der Waals surface area contributed by atoms with Gasteiger partial charge in [0.2, 0.25) is 5.88 Å². The summed E-state index contributed by atoms with van der Waals surface area (Å²) in [5.74, 6) is 3.61. The molecule has 0 amide bonds. The number of pyridine rings is 1. The zero-order valence-corrected chi connectivity index (χ0v) is 18.4. The molecule has 2 fully saturated rings. The van der Waals surface area contributed by atoms with Crippen molar-refractivity contribution in [1.82, 2.24) is 35.3 Å². The van der Waals surface area contributed by atoms with E-state index in [1.165, 1.54) is 19.3 Å². The summed E-state index contributed by atoms with van der Waals surface area (Å²) in [4.78, 5) is 11.0. The molecule has 0 N–H and O–H groups in total. The number of ether oxygens (including phenoxy) is 2. The zero-order chi connectivity index (χ0) is 21.9. The van der Waals surface area contributed by atoms with E-state index in [4.69, 9.17) is 14.0 Å². The summed E-state index contributed by atoms with van der Waals surface area (Å²) in [7, 11) is 1.63. The van der Waals surface area contributed by atoms with Crippen LogP contribution in [0.2, 0.25) is 0 Å². The maximum atomic E-state index is 5.97. The Morgan fingerprint density at radius 1 is 1.25 bits per heavy atom. The SMILES string of the molecule is COCc1noc(N2CCC([C@H]3C[C@H]3CCOc3ncc(-n4cnnn4)cc3C)CC2)n1. The lowest BCUT2D eigenvalue weighted by atomic mass is 9.91. The zero-order valence-electron chi connectivity index (χ0n) is 18.4. The number of methoxy groups -OCH3 is 1.